The SMILES string of the molecule is CCCO[C@@H](CC(C)C)c1cc(F)ccc1OC. The molecule has 18 heavy (non-hydrogen) atoms. The maximum atomic E-state index is 13.4. The molecule has 1 aromatic rings. The van der Waals surface area contributed by atoms with Gasteiger partial charge in [-0.2, -0.15) is 0 Å². The lowest BCUT2D eigenvalue weighted by Crippen LogP contribution is -2.10. The largest absolute Gasteiger partial charge is 0.496 e. The van der Waals surface area contributed by atoms with Crippen molar-refractivity contribution in [2.45, 2.75) is 39.7 Å². The van der Waals surface area contributed by atoms with Gasteiger partial charge in [-0.25, -0.2) is 4.39 Å². The Morgan fingerprint density at radius 1 is 1.28 bits per heavy atom. The molecule has 0 fully saturated rings. The Labute approximate surface area is 109 Å². The van der Waals surface area contributed by atoms with Gasteiger partial charge in [-0.3, -0.25) is 0 Å². The average molecular weight is 254 g/mol. The lowest BCUT2D eigenvalue weighted by molar-refractivity contribution is 0.0368. The summed E-state index contributed by atoms with van der Waals surface area (Å²) in [7, 11) is 1.60. The number of hydrogen-bond donors (Lipinski definition) is 0. The van der Waals surface area contributed by atoms with Gasteiger partial charge in [-0.15, -0.1) is 0 Å². The first-order valence-electron chi connectivity index (χ1n) is 6.53. The van der Waals surface area contributed by atoms with Crippen molar-refractivity contribution in [3.63, 3.8) is 0 Å². The van der Waals surface area contributed by atoms with Crippen LogP contribution in [0.25, 0.3) is 0 Å². The smallest absolute Gasteiger partial charge is 0.124 e. The van der Waals surface area contributed by atoms with Crippen LogP contribution in [0.15, 0.2) is 18.2 Å². The first-order valence-corrected chi connectivity index (χ1v) is 6.53. The second-order valence-corrected chi connectivity index (χ2v) is 4.88. The van der Waals surface area contributed by atoms with Crippen molar-refractivity contribution in [2.24, 2.45) is 5.92 Å². The first-order chi connectivity index (χ1) is 8.58. The van der Waals surface area contributed by atoms with E-state index in [1.54, 1.807) is 13.2 Å². The number of methoxy groups -OCH3 is 1. The molecular weight excluding hydrogens is 231 g/mol. The molecular formula is C15H23FO2. The van der Waals surface area contributed by atoms with E-state index in [1.165, 1.54) is 12.1 Å². The normalized spacial score (nSPS) is 12.8. The molecule has 102 valence electrons. The molecule has 0 radical (unpaired) electrons. The van der Waals surface area contributed by atoms with Crippen molar-refractivity contribution in [1.82, 2.24) is 0 Å². The van der Waals surface area contributed by atoms with Crippen molar-refractivity contribution in [1.29, 1.82) is 0 Å². The van der Waals surface area contributed by atoms with E-state index < -0.39 is 0 Å². The number of rotatable bonds is 7. The van der Waals surface area contributed by atoms with Crippen molar-refractivity contribution < 1.29 is 13.9 Å². The van der Waals surface area contributed by atoms with Gasteiger partial charge in [0.05, 0.1) is 13.2 Å². The van der Waals surface area contributed by atoms with E-state index in [2.05, 4.69) is 20.8 Å². The summed E-state index contributed by atoms with van der Waals surface area (Å²) in [6.45, 7) is 7.01. The number of ether oxygens (including phenoxy) is 2. The predicted molar refractivity (Wildman–Crippen MR) is 71.4 cm³/mol. The molecule has 0 spiro atoms. The van der Waals surface area contributed by atoms with Gasteiger partial charge in [0.2, 0.25) is 0 Å². The van der Waals surface area contributed by atoms with Crippen LogP contribution in [-0.2, 0) is 4.74 Å². The molecule has 0 saturated carbocycles. The molecule has 0 N–H and O–H groups in total. The molecule has 0 aliphatic rings. The van der Waals surface area contributed by atoms with Crippen LogP contribution in [0.5, 0.6) is 5.75 Å². The minimum Gasteiger partial charge on any atom is -0.496 e. The van der Waals surface area contributed by atoms with E-state index in [0.29, 0.717) is 18.3 Å². The maximum Gasteiger partial charge on any atom is 0.124 e. The molecule has 0 saturated heterocycles. The third-order valence-corrected chi connectivity index (χ3v) is 2.75. The molecule has 0 bridgehead atoms. The van der Waals surface area contributed by atoms with Crippen LogP contribution >= 0.6 is 0 Å². The molecule has 0 aliphatic carbocycles. The Kier molecular flexibility index (Phi) is 6.13. The third-order valence-electron chi connectivity index (χ3n) is 2.75. The predicted octanol–water partition coefficient (Wildman–Crippen LogP) is 4.35. The average Bonchev–Trinajstić information content (AvgIpc) is 2.34. The zero-order valence-corrected chi connectivity index (χ0v) is 11.7. The molecule has 1 atom stereocenters. The van der Waals surface area contributed by atoms with E-state index in [-0.39, 0.29) is 11.9 Å². The summed E-state index contributed by atoms with van der Waals surface area (Å²) in [4.78, 5) is 0. The molecule has 0 aliphatic heterocycles. The molecule has 1 aromatic carbocycles. The maximum absolute atomic E-state index is 13.4. The highest BCUT2D eigenvalue weighted by atomic mass is 19.1. The monoisotopic (exact) mass is 254 g/mol. The van der Waals surface area contributed by atoms with Gasteiger partial charge in [-0.05, 0) is 37.0 Å². The van der Waals surface area contributed by atoms with E-state index in [4.69, 9.17) is 9.47 Å². The molecule has 0 amide bonds. The zero-order valence-electron chi connectivity index (χ0n) is 11.7. The van der Waals surface area contributed by atoms with E-state index in [0.717, 1.165) is 18.4 Å². The fraction of sp³-hybridized carbons (Fsp3) is 0.600. The minimum absolute atomic E-state index is 0.101. The van der Waals surface area contributed by atoms with E-state index in [1.807, 2.05) is 0 Å². The van der Waals surface area contributed by atoms with Crippen molar-refractivity contribution >= 4 is 0 Å². The van der Waals surface area contributed by atoms with Crippen LogP contribution in [-0.4, -0.2) is 13.7 Å². The number of halogens is 1. The van der Waals surface area contributed by atoms with Gasteiger partial charge < -0.3 is 9.47 Å². The number of hydrogen-bond acceptors (Lipinski definition) is 2. The van der Waals surface area contributed by atoms with Gasteiger partial charge in [0.15, 0.2) is 0 Å². The van der Waals surface area contributed by atoms with Crippen LogP contribution < -0.4 is 4.74 Å². The second kappa shape index (κ2) is 7.37. The highest BCUT2D eigenvalue weighted by molar-refractivity contribution is 5.35. The molecule has 0 aromatic heterocycles. The Morgan fingerprint density at radius 3 is 2.56 bits per heavy atom. The van der Waals surface area contributed by atoms with Gasteiger partial charge in [0, 0.05) is 12.2 Å². The summed E-state index contributed by atoms with van der Waals surface area (Å²) in [5.74, 6) is 0.928. The lowest BCUT2D eigenvalue weighted by Gasteiger charge is -2.22. The fourth-order valence-corrected chi connectivity index (χ4v) is 1.93. The fourth-order valence-electron chi connectivity index (χ4n) is 1.93. The summed E-state index contributed by atoms with van der Waals surface area (Å²) in [6, 6.07) is 4.59. The summed E-state index contributed by atoms with van der Waals surface area (Å²) in [5, 5.41) is 0. The summed E-state index contributed by atoms with van der Waals surface area (Å²) in [6.07, 6.45) is 1.71. The van der Waals surface area contributed by atoms with Gasteiger partial charge in [0.1, 0.15) is 11.6 Å². The van der Waals surface area contributed by atoms with Gasteiger partial charge in [0.25, 0.3) is 0 Å². The van der Waals surface area contributed by atoms with E-state index in [9.17, 15) is 4.39 Å². The third kappa shape index (κ3) is 4.30. The molecule has 3 heteroatoms. The summed E-state index contributed by atoms with van der Waals surface area (Å²) in [5.41, 5.74) is 0.805. The number of benzene rings is 1. The standard InChI is InChI=1S/C15H23FO2/c1-5-8-18-15(9-11(2)3)13-10-12(16)6-7-14(13)17-4/h6-7,10-11,15H,5,8-9H2,1-4H3/t15-/m0/s1. The second-order valence-electron chi connectivity index (χ2n) is 4.88. The molecule has 1 rings (SSSR count). The lowest BCUT2D eigenvalue weighted by atomic mass is 9.98. The minimum atomic E-state index is -0.250. The zero-order chi connectivity index (χ0) is 13.5. The van der Waals surface area contributed by atoms with Gasteiger partial charge in [-0.1, -0.05) is 20.8 Å². The van der Waals surface area contributed by atoms with Crippen molar-refractivity contribution in [2.75, 3.05) is 13.7 Å². The van der Waals surface area contributed by atoms with E-state index >= 15 is 0 Å². The van der Waals surface area contributed by atoms with Crippen LogP contribution in [0.4, 0.5) is 4.39 Å². The summed E-state index contributed by atoms with van der Waals surface area (Å²) >= 11 is 0. The topological polar surface area (TPSA) is 18.5 Å². The molecule has 2 nitrogen and oxygen atoms in total. The van der Waals surface area contributed by atoms with Crippen molar-refractivity contribution in [3.8, 4) is 5.75 Å². The Hall–Kier alpha value is -1.09. The van der Waals surface area contributed by atoms with Crippen molar-refractivity contribution in [3.05, 3.63) is 29.6 Å². The highest BCUT2D eigenvalue weighted by Gasteiger charge is 2.18. The van der Waals surface area contributed by atoms with Crippen LogP contribution in [0.3, 0.4) is 0 Å². The quantitative estimate of drug-likeness (QED) is 0.720. The van der Waals surface area contributed by atoms with Gasteiger partial charge >= 0.3 is 0 Å². The van der Waals surface area contributed by atoms with Crippen LogP contribution in [0.2, 0.25) is 0 Å². The first kappa shape index (κ1) is 15.0. The molecule has 0 unspecified atom stereocenters. The Balaban J connectivity index is 2.98. The Bertz CT molecular complexity index is 364. The molecule has 0 heterocycles. The Morgan fingerprint density at radius 2 is 2.00 bits per heavy atom. The highest BCUT2D eigenvalue weighted by Crippen LogP contribution is 2.32. The summed E-state index contributed by atoms with van der Waals surface area (Å²) < 4.78 is 24.5. The van der Waals surface area contributed by atoms with Crippen LogP contribution in [0.1, 0.15) is 45.3 Å². The van der Waals surface area contributed by atoms with Crippen LogP contribution in [0, 0.1) is 11.7 Å².